The number of piperidine rings is 1. The molecule has 7 nitrogen and oxygen atoms in total. The van der Waals surface area contributed by atoms with Crippen molar-refractivity contribution in [2.75, 3.05) is 13.1 Å². The van der Waals surface area contributed by atoms with Crippen LogP contribution < -0.4 is 0 Å². The molecule has 0 aliphatic carbocycles. The monoisotopic (exact) mass is 355 g/mol. The Bertz CT molecular complexity index is 762. The molecule has 1 aromatic carbocycles. The molecule has 0 saturated carbocycles. The Labute approximate surface area is 153 Å². The van der Waals surface area contributed by atoms with E-state index in [0.717, 1.165) is 18.4 Å². The first-order chi connectivity index (χ1) is 12.3. The molecule has 1 fully saturated rings. The molecule has 1 amide bonds. The molecule has 1 aliphatic rings. The number of aromatic nitrogens is 4. The lowest BCUT2D eigenvalue weighted by atomic mass is 9.85. The van der Waals surface area contributed by atoms with Gasteiger partial charge >= 0.3 is 0 Å². The lowest BCUT2D eigenvalue weighted by molar-refractivity contribution is -0.133. The van der Waals surface area contributed by atoms with Crippen LogP contribution in [-0.2, 0) is 16.8 Å². The van der Waals surface area contributed by atoms with E-state index in [4.69, 9.17) is 0 Å². The molecule has 1 aliphatic heterocycles. The number of Topliss-reactive ketones (excluding diaryl/α,β-unsaturated/α-hetero) is 1. The average Bonchev–Trinajstić information content (AvgIpc) is 3.13. The minimum absolute atomic E-state index is 0.0567. The van der Waals surface area contributed by atoms with Crippen molar-refractivity contribution >= 4 is 11.7 Å². The van der Waals surface area contributed by atoms with Crippen LogP contribution in [0, 0.1) is 5.92 Å². The van der Waals surface area contributed by atoms with E-state index in [-0.39, 0.29) is 29.6 Å². The second-order valence-electron chi connectivity index (χ2n) is 7.84. The van der Waals surface area contributed by atoms with Crippen LogP contribution in [0.4, 0.5) is 0 Å². The van der Waals surface area contributed by atoms with Gasteiger partial charge in [-0.1, -0.05) is 45.0 Å². The van der Waals surface area contributed by atoms with Gasteiger partial charge in [-0.3, -0.25) is 9.59 Å². The Morgan fingerprint density at radius 2 is 1.92 bits per heavy atom. The van der Waals surface area contributed by atoms with Crippen molar-refractivity contribution in [1.29, 1.82) is 0 Å². The summed E-state index contributed by atoms with van der Waals surface area (Å²) in [5.74, 6) is -0.123. The van der Waals surface area contributed by atoms with Crippen molar-refractivity contribution in [3.8, 4) is 0 Å². The molecule has 0 radical (unpaired) electrons. The quantitative estimate of drug-likeness (QED) is 0.785. The number of hydrogen-bond acceptors (Lipinski definition) is 5. The topological polar surface area (TPSA) is 81.0 Å². The molecule has 0 spiro atoms. The van der Waals surface area contributed by atoms with Crippen LogP contribution in [0.25, 0.3) is 0 Å². The molecular formula is C19H25N5O2. The second kappa shape index (κ2) is 7.35. The van der Waals surface area contributed by atoms with Crippen LogP contribution in [0.2, 0.25) is 0 Å². The SMILES string of the molecule is CC(C)(C)c1ccc(C(=O)[C@@H]2CCCN(C(=O)Cn3ncnn3)C2)cc1. The van der Waals surface area contributed by atoms with Crippen molar-refractivity contribution in [2.45, 2.75) is 45.6 Å². The van der Waals surface area contributed by atoms with E-state index in [1.807, 2.05) is 24.3 Å². The average molecular weight is 355 g/mol. The smallest absolute Gasteiger partial charge is 0.246 e. The standard InChI is InChI=1S/C19H25N5O2/c1-19(2,3)16-8-6-14(7-9-16)18(26)15-5-4-10-23(11-15)17(25)12-24-21-13-20-22-24/h6-9,13,15H,4-5,10-12H2,1-3H3/t15-/m1/s1. The molecule has 0 bridgehead atoms. The van der Waals surface area contributed by atoms with Crippen LogP contribution >= 0.6 is 0 Å². The number of carbonyl (C=O) groups is 2. The van der Waals surface area contributed by atoms with Crippen molar-refractivity contribution in [3.05, 3.63) is 41.7 Å². The first kappa shape index (κ1) is 18.2. The Morgan fingerprint density at radius 1 is 1.19 bits per heavy atom. The number of ketones is 1. The van der Waals surface area contributed by atoms with Gasteiger partial charge in [0, 0.05) is 24.6 Å². The van der Waals surface area contributed by atoms with Crippen LogP contribution in [0.15, 0.2) is 30.6 Å². The molecule has 1 saturated heterocycles. The summed E-state index contributed by atoms with van der Waals surface area (Å²) in [5.41, 5.74) is 1.98. The van der Waals surface area contributed by atoms with Crippen LogP contribution in [-0.4, -0.2) is 49.9 Å². The van der Waals surface area contributed by atoms with Crippen LogP contribution in [0.5, 0.6) is 0 Å². The van der Waals surface area contributed by atoms with Gasteiger partial charge in [0.15, 0.2) is 12.1 Å². The zero-order valence-electron chi connectivity index (χ0n) is 15.6. The summed E-state index contributed by atoms with van der Waals surface area (Å²) in [6.07, 6.45) is 2.94. The minimum atomic E-state index is -0.156. The maximum absolute atomic E-state index is 12.9. The van der Waals surface area contributed by atoms with Crippen molar-refractivity contribution in [3.63, 3.8) is 0 Å². The Balaban J connectivity index is 1.65. The van der Waals surface area contributed by atoms with Crippen molar-refractivity contribution in [1.82, 2.24) is 25.1 Å². The molecule has 1 aromatic heterocycles. The molecule has 2 aromatic rings. The summed E-state index contributed by atoms with van der Waals surface area (Å²) in [6, 6.07) is 7.86. The highest BCUT2D eigenvalue weighted by atomic mass is 16.2. The maximum atomic E-state index is 12.9. The summed E-state index contributed by atoms with van der Waals surface area (Å²) < 4.78 is 0. The predicted octanol–water partition coefficient (Wildman–Crippen LogP) is 2.09. The number of carbonyl (C=O) groups excluding carboxylic acids is 2. The number of nitrogens with zero attached hydrogens (tertiary/aromatic N) is 5. The van der Waals surface area contributed by atoms with E-state index >= 15 is 0 Å². The maximum Gasteiger partial charge on any atom is 0.246 e. The fraction of sp³-hybridized carbons (Fsp3) is 0.526. The summed E-state index contributed by atoms with van der Waals surface area (Å²) in [5, 5.41) is 11.2. The van der Waals surface area contributed by atoms with E-state index < -0.39 is 0 Å². The van der Waals surface area contributed by atoms with Gasteiger partial charge in [-0.2, -0.15) is 4.80 Å². The van der Waals surface area contributed by atoms with E-state index in [1.54, 1.807) is 4.90 Å². The van der Waals surface area contributed by atoms with E-state index in [2.05, 4.69) is 36.2 Å². The summed E-state index contributed by atoms with van der Waals surface area (Å²) >= 11 is 0. The Morgan fingerprint density at radius 3 is 2.54 bits per heavy atom. The number of likely N-dealkylation sites (tertiary alicyclic amines) is 1. The third-order valence-corrected chi connectivity index (χ3v) is 4.85. The van der Waals surface area contributed by atoms with Gasteiger partial charge in [0.2, 0.25) is 5.91 Å². The van der Waals surface area contributed by atoms with Crippen LogP contribution in [0.1, 0.15) is 49.5 Å². The Hall–Kier alpha value is -2.57. The number of hydrogen-bond donors (Lipinski definition) is 0. The highest BCUT2D eigenvalue weighted by Gasteiger charge is 2.29. The highest BCUT2D eigenvalue weighted by molar-refractivity contribution is 5.98. The van der Waals surface area contributed by atoms with Gasteiger partial charge in [0.05, 0.1) is 0 Å². The largest absolute Gasteiger partial charge is 0.340 e. The molecular weight excluding hydrogens is 330 g/mol. The van der Waals surface area contributed by atoms with Crippen molar-refractivity contribution in [2.24, 2.45) is 5.92 Å². The van der Waals surface area contributed by atoms with E-state index in [0.29, 0.717) is 13.1 Å². The van der Waals surface area contributed by atoms with Gasteiger partial charge in [0.1, 0.15) is 6.54 Å². The highest BCUT2D eigenvalue weighted by Crippen LogP contribution is 2.25. The van der Waals surface area contributed by atoms with Gasteiger partial charge in [-0.15, -0.1) is 10.2 Å². The number of benzene rings is 1. The predicted molar refractivity (Wildman–Crippen MR) is 96.6 cm³/mol. The van der Waals surface area contributed by atoms with Gasteiger partial charge < -0.3 is 4.90 Å². The summed E-state index contributed by atoms with van der Waals surface area (Å²) in [4.78, 5) is 28.3. The second-order valence-corrected chi connectivity index (χ2v) is 7.84. The molecule has 26 heavy (non-hydrogen) atoms. The third kappa shape index (κ3) is 4.15. The molecule has 138 valence electrons. The molecule has 0 unspecified atom stereocenters. The molecule has 7 heteroatoms. The summed E-state index contributed by atoms with van der Waals surface area (Å²) in [6.45, 7) is 7.63. The fourth-order valence-corrected chi connectivity index (χ4v) is 3.27. The normalized spacial score (nSPS) is 18.0. The lowest BCUT2D eigenvalue weighted by Gasteiger charge is -2.32. The third-order valence-electron chi connectivity index (χ3n) is 4.85. The lowest BCUT2D eigenvalue weighted by Crippen LogP contribution is -2.44. The zero-order chi connectivity index (χ0) is 18.7. The van der Waals surface area contributed by atoms with Gasteiger partial charge in [0.25, 0.3) is 0 Å². The van der Waals surface area contributed by atoms with E-state index in [9.17, 15) is 9.59 Å². The molecule has 3 rings (SSSR count). The van der Waals surface area contributed by atoms with Gasteiger partial charge in [-0.05, 0) is 29.0 Å². The fourth-order valence-electron chi connectivity index (χ4n) is 3.27. The Kier molecular flexibility index (Phi) is 5.15. The summed E-state index contributed by atoms with van der Waals surface area (Å²) in [7, 11) is 0. The zero-order valence-corrected chi connectivity index (χ0v) is 15.6. The number of rotatable bonds is 4. The number of amides is 1. The first-order valence-corrected chi connectivity index (χ1v) is 8.98. The minimum Gasteiger partial charge on any atom is -0.340 e. The van der Waals surface area contributed by atoms with Gasteiger partial charge in [-0.25, -0.2) is 0 Å². The molecule has 2 heterocycles. The van der Waals surface area contributed by atoms with E-state index in [1.165, 1.54) is 16.7 Å². The molecule has 0 N–H and O–H groups in total. The van der Waals surface area contributed by atoms with Crippen LogP contribution in [0.3, 0.4) is 0 Å². The van der Waals surface area contributed by atoms with Crippen molar-refractivity contribution < 1.29 is 9.59 Å². The first-order valence-electron chi connectivity index (χ1n) is 8.98. The number of tetrazole rings is 1. The molecule has 1 atom stereocenters.